The van der Waals surface area contributed by atoms with Gasteiger partial charge in [0.05, 0.1) is 26.3 Å². The quantitative estimate of drug-likeness (QED) is 0.354. The van der Waals surface area contributed by atoms with Gasteiger partial charge in [0.1, 0.15) is 17.0 Å². The number of nitrogens with zero attached hydrogens (tertiary/aromatic N) is 2. The first-order valence-corrected chi connectivity index (χ1v) is 11.0. The fourth-order valence-electron chi connectivity index (χ4n) is 3.33. The van der Waals surface area contributed by atoms with E-state index < -0.39 is 29.7 Å². The molecule has 0 aliphatic rings. The first-order chi connectivity index (χ1) is 17.1. The number of aromatic nitrogens is 2. The van der Waals surface area contributed by atoms with Crippen molar-refractivity contribution in [2.45, 2.75) is 26.1 Å². The van der Waals surface area contributed by atoms with Crippen LogP contribution in [0, 0.1) is 0 Å². The van der Waals surface area contributed by atoms with E-state index in [9.17, 15) is 22.8 Å². The molecule has 13 heteroatoms. The minimum atomic E-state index is -4.65. The molecule has 2 amide bonds. The van der Waals surface area contributed by atoms with Crippen LogP contribution in [0.5, 0.6) is 5.75 Å². The van der Waals surface area contributed by atoms with E-state index in [4.69, 9.17) is 19.6 Å². The number of pyridine rings is 1. The largest absolute Gasteiger partial charge is 0.494 e. The van der Waals surface area contributed by atoms with E-state index in [0.717, 1.165) is 6.07 Å². The van der Waals surface area contributed by atoms with E-state index in [1.54, 1.807) is 6.92 Å². The summed E-state index contributed by atoms with van der Waals surface area (Å²) in [4.78, 5) is 32.7. The van der Waals surface area contributed by atoms with E-state index in [0.29, 0.717) is 13.2 Å². The van der Waals surface area contributed by atoms with Gasteiger partial charge >= 0.3 is 6.18 Å². The third-order valence-corrected chi connectivity index (χ3v) is 5.03. The van der Waals surface area contributed by atoms with Gasteiger partial charge in [-0.15, -0.1) is 0 Å². The fourth-order valence-corrected chi connectivity index (χ4v) is 3.33. The molecule has 3 rings (SSSR count). The number of hydrogen-bond acceptors (Lipinski definition) is 8. The van der Waals surface area contributed by atoms with Crippen LogP contribution in [0.15, 0.2) is 28.7 Å². The summed E-state index contributed by atoms with van der Waals surface area (Å²) in [7, 11) is 1.31. The molecule has 0 aliphatic carbocycles. The highest BCUT2D eigenvalue weighted by atomic mass is 19.4. The highest BCUT2D eigenvalue weighted by Gasteiger charge is 2.33. The van der Waals surface area contributed by atoms with Crippen molar-refractivity contribution in [2.24, 2.45) is 5.73 Å². The number of oxazole rings is 1. The normalized spacial score (nSPS) is 12.4. The lowest BCUT2D eigenvalue weighted by Gasteiger charge is -2.11. The summed E-state index contributed by atoms with van der Waals surface area (Å²) >= 11 is 0. The molecule has 1 aromatic carbocycles. The molecule has 2 aromatic heterocycles. The second-order valence-electron chi connectivity index (χ2n) is 7.66. The van der Waals surface area contributed by atoms with Crippen molar-refractivity contribution in [3.8, 4) is 17.2 Å². The summed E-state index contributed by atoms with van der Waals surface area (Å²) in [5.41, 5.74) is 4.94. The molecule has 0 aliphatic heterocycles. The number of carbonyl (C=O) groups is 2. The highest BCUT2D eigenvalue weighted by molar-refractivity contribution is 5.99. The summed E-state index contributed by atoms with van der Waals surface area (Å²) in [5.74, 6) is -1.02. The predicted octanol–water partition coefficient (Wildman–Crippen LogP) is 2.82. The number of rotatable bonds is 10. The van der Waals surface area contributed by atoms with E-state index in [1.165, 1.54) is 25.3 Å². The number of fused-ring (bicyclic) bond motifs is 1. The zero-order chi connectivity index (χ0) is 26.5. The topological polar surface area (TPSA) is 142 Å². The van der Waals surface area contributed by atoms with E-state index in [1.807, 2.05) is 6.92 Å². The number of amides is 2. The zero-order valence-electron chi connectivity index (χ0n) is 19.9. The Morgan fingerprint density at radius 3 is 2.56 bits per heavy atom. The smallest absolute Gasteiger partial charge is 0.433 e. The van der Waals surface area contributed by atoms with Crippen LogP contribution in [-0.2, 0) is 15.7 Å². The number of alkyl halides is 3. The highest BCUT2D eigenvalue weighted by Crippen LogP contribution is 2.37. The molecule has 0 unspecified atom stereocenters. The predicted molar refractivity (Wildman–Crippen MR) is 123 cm³/mol. The van der Waals surface area contributed by atoms with Crippen molar-refractivity contribution in [1.82, 2.24) is 20.6 Å². The van der Waals surface area contributed by atoms with Crippen molar-refractivity contribution < 1.29 is 36.7 Å². The van der Waals surface area contributed by atoms with Crippen LogP contribution in [0.25, 0.3) is 22.4 Å². The number of nitrogens with one attached hydrogen (secondary N) is 2. The Morgan fingerprint density at radius 2 is 1.92 bits per heavy atom. The van der Waals surface area contributed by atoms with Gasteiger partial charge in [-0.2, -0.15) is 13.2 Å². The van der Waals surface area contributed by atoms with Crippen molar-refractivity contribution in [2.75, 3.05) is 33.4 Å². The number of hydrogen-bond donors (Lipinski definition) is 3. The molecule has 4 N–H and O–H groups in total. The van der Waals surface area contributed by atoms with Gasteiger partial charge < -0.3 is 30.3 Å². The van der Waals surface area contributed by atoms with Crippen molar-refractivity contribution >= 4 is 22.7 Å². The van der Waals surface area contributed by atoms with E-state index >= 15 is 0 Å². The molecule has 36 heavy (non-hydrogen) atoms. The number of benzene rings is 1. The van der Waals surface area contributed by atoms with Gasteiger partial charge in [0.2, 0.25) is 11.8 Å². The van der Waals surface area contributed by atoms with Gasteiger partial charge in [-0.3, -0.25) is 9.59 Å². The van der Waals surface area contributed by atoms with Crippen LogP contribution in [-0.4, -0.2) is 55.2 Å². The first-order valence-electron chi connectivity index (χ1n) is 11.0. The lowest BCUT2D eigenvalue weighted by atomic mass is 10.1. The first kappa shape index (κ1) is 26.9. The van der Waals surface area contributed by atoms with Gasteiger partial charge in [-0.05, 0) is 38.1 Å². The number of methoxy groups -OCH3 is 1. The Labute approximate surface area is 204 Å². The number of halogens is 3. The lowest BCUT2D eigenvalue weighted by molar-refractivity contribution is -0.141. The third-order valence-electron chi connectivity index (χ3n) is 5.03. The maximum absolute atomic E-state index is 13.2. The minimum Gasteiger partial charge on any atom is -0.494 e. The Morgan fingerprint density at radius 1 is 1.17 bits per heavy atom. The fraction of sp³-hybridized carbons (Fsp3) is 0.391. The monoisotopic (exact) mass is 509 g/mol. The van der Waals surface area contributed by atoms with Crippen molar-refractivity contribution in [1.29, 1.82) is 0 Å². The summed E-state index contributed by atoms with van der Waals surface area (Å²) in [6.45, 7) is 4.23. The summed E-state index contributed by atoms with van der Waals surface area (Å²) in [5, 5.41) is 5.31. The van der Waals surface area contributed by atoms with Gasteiger partial charge in [0, 0.05) is 24.1 Å². The van der Waals surface area contributed by atoms with Crippen LogP contribution < -0.4 is 21.1 Å². The molecule has 194 valence electrons. The second kappa shape index (κ2) is 11.4. The summed E-state index contributed by atoms with van der Waals surface area (Å²) in [6, 6.07) is 4.27. The molecule has 1 atom stereocenters. The van der Waals surface area contributed by atoms with Crippen molar-refractivity contribution in [3.63, 3.8) is 0 Å². The Bertz CT molecular complexity index is 1240. The van der Waals surface area contributed by atoms with Gasteiger partial charge in [0.15, 0.2) is 11.5 Å². The SMILES string of the molecule is CCOCCNC(=O)CNC(=O)c1nc(-c2ccc(OC)c3nc(C(F)(F)F)ccc23)oc1[C@H](C)N. The maximum Gasteiger partial charge on any atom is 0.433 e. The minimum absolute atomic E-state index is 0.0445. The molecule has 10 nitrogen and oxygen atoms in total. The van der Waals surface area contributed by atoms with Gasteiger partial charge in [-0.25, -0.2) is 9.97 Å². The lowest BCUT2D eigenvalue weighted by Crippen LogP contribution is -2.38. The van der Waals surface area contributed by atoms with E-state index in [2.05, 4.69) is 20.6 Å². The second-order valence-corrected chi connectivity index (χ2v) is 7.66. The Kier molecular flexibility index (Phi) is 8.48. The van der Waals surface area contributed by atoms with E-state index in [-0.39, 0.29) is 52.7 Å². The maximum atomic E-state index is 13.2. The van der Waals surface area contributed by atoms with Gasteiger partial charge in [0.25, 0.3) is 5.91 Å². The third kappa shape index (κ3) is 6.10. The van der Waals surface area contributed by atoms with Crippen LogP contribution in [0.4, 0.5) is 13.2 Å². The molecular weight excluding hydrogens is 483 g/mol. The molecule has 0 radical (unpaired) electrons. The molecule has 0 bridgehead atoms. The number of carbonyl (C=O) groups excluding carboxylic acids is 2. The average molecular weight is 509 g/mol. The molecule has 3 aromatic rings. The number of ether oxygens (including phenoxy) is 2. The average Bonchev–Trinajstić information content (AvgIpc) is 3.29. The molecule has 2 heterocycles. The van der Waals surface area contributed by atoms with Crippen LogP contribution >= 0.6 is 0 Å². The van der Waals surface area contributed by atoms with Crippen LogP contribution in [0.3, 0.4) is 0 Å². The molecule has 0 saturated carbocycles. The van der Waals surface area contributed by atoms with Crippen LogP contribution in [0.2, 0.25) is 0 Å². The molecule has 0 saturated heterocycles. The summed E-state index contributed by atoms with van der Waals surface area (Å²) in [6.07, 6.45) is -4.65. The molecule has 0 fully saturated rings. The Balaban J connectivity index is 1.92. The standard InChI is InChI=1S/C23H26F3N5O5/c1-4-35-10-9-28-17(32)11-29-21(33)19-20(12(2)27)36-22(31-19)14-5-7-15(34-3)18-13(14)6-8-16(30-18)23(24,25)26/h5-8,12H,4,9-11,27H2,1-3H3,(H,28,32)(H,29,33)/t12-/m0/s1. The van der Waals surface area contributed by atoms with Crippen molar-refractivity contribution in [3.05, 3.63) is 41.4 Å². The molecule has 0 spiro atoms. The Hall–Kier alpha value is -3.71. The number of nitrogens with two attached hydrogens (primary N) is 1. The zero-order valence-corrected chi connectivity index (χ0v) is 19.9. The molecular formula is C23H26F3N5O5. The summed E-state index contributed by atoms with van der Waals surface area (Å²) < 4.78 is 55.7. The van der Waals surface area contributed by atoms with Crippen LogP contribution in [0.1, 0.15) is 41.8 Å². The van der Waals surface area contributed by atoms with Gasteiger partial charge in [-0.1, -0.05) is 0 Å².